The second-order valence-corrected chi connectivity index (χ2v) is 9.52. The van der Waals surface area contributed by atoms with Crippen LogP contribution in [0.5, 0.6) is 5.75 Å². The SMILES string of the molecule is Cc1ccc(C)c(OCC(=O)N2CCC(NS(=O)(=O)c3c(C)noc3C)CC2)c1C. The van der Waals surface area contributed by atoms with Crippen molar-refractivity contribution in [1.29, 1.82) is 0 Å². The number of nitrogens with zero attached hydrogens (tertiary/aromatic N) is 2. The molecule has 0 atom stereocenters. The van der Waals surface area contributed by atoms with Gasteiger partial charge in [0.05, 0.1) is 0 Å². The van der Waals surface area contributed by atoms with E-state index in [1.54, 1.807) is 18.7 Å². The van der Waals surface area contributed by atoms with Crippen molar-refractivity contribution in [2.75, 3.05) is 19.7 Å². The molecule has 1 aliphatic heterocycles. The van der Waals surface area contributed by atoms with Crippen molar-refractivity contribution in [1.82, 2.24) is 14.8 Å². The summed E-state index contributed by atoms with van der Waals surface area (Å²) in [6.45, 7) is 10.1. The van der Waals surface area contributed by atoms with Crippen LogP contribution in [0.2, 0.25) is 0 Å². The number of rotatable bonds is 6. The molecular formula is C21H29N3O5S. The van der Waals surface area contributed by atoms with Crippen LogP contribution in [-0.4, -0.2) is 50.1 Å². The minimum atomic E-state index is -3.71. The summed E-state index contributed by atoms with van der Waals surface area (Å²) in [5, 5.41) is 3.71. The summed E-state index contributed by atoms with van der Waals surface area (Å²) in [4.78, 5) is 14.4. The number of sulfonamides is 1. The lowest BCUT2D eigenvalue weighted by molar-refractivity contribution is -0.134. The van der Waals surface area contributed by atoms with Crippen molar-refractivity contribution in [3.05, 3.63) is 40.3 Å². The molecular weight excluding hydrogens is 406 g/mol. The average molecular weight is 436 g/mol. The zero-order valence-corrected chi connectivity index (χ0v) is 18.9. The minimum Gasteiger partial charge on any atom is -0.483 e. The highest BCUT2D eigenvalue weighted by atomic mass is 32.2. The first-order valence-electron chi connectivity index (χ1n) is 10.0. The van der Waals surface area contributed by atoms with Gasteiger partial charge in [-0.15, -0.1) is 0 Å². The molecule has 8 nitrogen and oxygen atoms in total. The van der Waals surface area contributed by atoms with Crippen LogP contribution in [0.3, 0.4) is 0 Å². The fourth-order valence-electron chi connectivity index (χ4n) is 3.76. The summed E-state index contributed by atoms with van der Waals surface area (Å²) >= 11 is 0. The van der Waals surface area contributed by atoms with Gasteiger partial charge in [-0.2, -0.15) is 0 Å². The van der Waals surface area contributed by atoms with E-state index in [0.29, 0.717) is 31.6 Å². The molecule has 30 heavy (non-hydrogen) atoms. The maximum Gasteiger partial charge on any atom is 0.260 e. The Morgan fingerprint density at radius 3 is 2.40 bits per heavy atom. The molecule has 164 valence electrons. The van der Waals surface area contributed by atoms with Gasteiger partial charge in [-0.25, -0.2) is 13.1 Å². The number of hydrogen-bond donors (Lipinski definition) is 1. The fourth-order valence-corrected chi connectivity index (χ4v) is 5.39. The van der Waals surface area contributed by atoms with Gasteiger partial charge >= 0.3 is 0 Å². The minimum absolute atomic E-state index is 0.0272. The first-order valence-corrected chi connectivity index (χ1v) is 11.5. The van der Waals surface area contributed by atoms with Crippen molar-refractivity contribution in [2.24, 2.45) is 0 Å². The van der Waals surface area contributed by atoms with Crippen LogP contribution in [0.4, 0.5) is 0 Å². The molecule has 2 aromatic rings. The third-order valence-electron chi connectivity index (χ3n) is 5.62. The Kier molecular flexibility index (Phi) is 6.52. The van der Waals surface area contributed by atoms with Gasteiger partial charge in [0.1, 0.15) is 16.3 Å². The van der Waals surface area contributed by atoms with Gasteiger partial charge in [0, 0.05) is 19.1 Å². The van der Waals surface area contributed by atoms with E-state index in [2.05, 4.69) is 9.88 Å². The van der Waals surface area contributed by atoms with Gasteiger partial charge in [-0.05, 0) is 64.2 Å². The van der Waals surface area contributed by atoms with E-state index in [0.717, 1.165) is 22.4 Å². The Bertz CT molecular complexity index is 1020. The van der Waals surface area contributed by atoms with Gasteiger partial charge in [0.2, 0.25) is 10.0 Å². The van der Waals surface area contributed by atoms with E-state index in [4.69, 9.17) is 9.26 Å². The Morgan fingerprint density at radius 2 is 1.80 bits per heavy atom. The normalized spacial score (nSPS) is 15.4. The molecule has 1 saturated heterocycles. The monoisotopic (exact) mass is 435 g/mol. The lowest BCUT2D eigenvalue weighted by Crippen LogP contribution is -2.47. The molecule has 2 heterocycles. The van der Waals surface area contributed by atoms with Crippen molar-refractivity contribution in [3.8, 4) is 5.75 Å². The van der Waals surface area contributed by atoms with Crippen LogP contribution in [0.1, 0.15) is 41.0 Å². The Hall–Kier alpha value is -2.39. The molecule has 0 unspecified atom stereocenters. The predicted octanol–water partition coefficient (Wildman–Crippen LogP) is 2.57. The number of aryl methyl sites for hydroxylation is 4. The second kappa shape index (κ2) is 8.77. The lowest BCUT2D eigenvalue weighted by Gasteiger charge is -2.32. The summed E-state index contributed by atoms with van der Waals surface area (Å²) in [5.74, 6) is 0.930. The number of nitrogens with one attached hydrogen (secondary N) is 1. The van der Waals surface area contributed by atoms with Gasteiger partial charge in [-0.1, -0.05) is 17.3 Å². The molecule has 0 bridgehead atoms. The molecule has 0 saturated carbocycles. The Labute approximate surface area is 177 Å². The molecule has 9 heteroatoms. The standard InChI is InChI=1S/C21H29N3O5S/c1-13-6-7-14(2)20(15(13)3)28-12-19(25)24-10-8-18(9-11-24)23-30(26,27)21-16(4)22-29-17(21)5/h6-7,18,23H,8-12H2,1-5H3. The highest BCUT2D eigenvalue weighted by Crippen LogP contribution is 2.26. The third-order valence-corrected chi connectivity index (χ3v) is 7.38. The number of ether oxygens (including phenoxy) is 1. The van der Waals surface area contributed by atoms with E-state index in [1.807, 2.05) is 32.9 Å². The van der Waals surface area contributed by atoms with Crippen molar-refractivity contribution < 1.29 is 22.5 Å². The molecule has 1 aromatic heterocycles. The highest BCUT2D eigenvalue weighted by Gasteiger charge is 2.30. The van der Waals surface area contributed by atoms with Gasteiger partial charge in [-0.3, -0.25) is 4.79 Å². The molecule has 1 aliphatic rings. The van der Waals surface area contributed by atoms with Crippen molar-refractivity contribution in [2.45, 2.75) is 58.4 Å². The Balaban J connectivity index is 1.54. The number of amides is 1. The first-order chi connectivity index (χ1) is 14.1. The number of hydrogen-bond acceptors (Lipinski definition) is 6. The molecule has 0 radical (unpaired) electrons. The maximum absolute atomic E-state index is 12.7. The van der Waals surface area contributed by atoms with Crippen LogP contribution in [0, 0.1) is 34.6 Å². The molecule has 1 N–H and O–H groups in total. The van der Waals surface area contributed by atoms with Crippen LogP contribution < -0.4 is 9.46 Å². The fraction of sp³-hybridized carbons (Fsp3) is 0.524. The van der Waals surface area contributed by atoms with E-state index >= 15 is 0 Å². The summed E-state index contributed by atoms with van der Waals surface area (Å²) in [6.07, 6.45) is 1.08. The molecule has 0 aliphatic carbocycles. The number of carbonyl (C=O) groups excluding carboxylic acids is 1. The highest BCUT2D eigenvalue weighted by molar-refractivity contribution is 7.89. The number of piperidine rings is 1. The van der Waals surface area contributed by atoms with E-state index in [-0.39, 0.29) is 29.2 Å². The van der Waals surface area contributed by atoms with Gasteiger partial charge in [0.15, 0.2) is 12.4 Å². The molecule has 0 spiro atoms. The molecule has 1 amide bonds. The average Bonchev–Trinajstić information content (AvgIpc) is 3.04. The maximum atomic E-state index is 12.7. The summed E-state index contributed by atoms with van der Waals surface area (Å²) in [6, 6.07) is 3.78. The van der Waals surface area contributed by atoms with Gasteiger partial charge in [0.25, 0.3) is 5.91 Å². The molecule has 1 aromatic carbocycles. The van der Waals surface area contributed by atoms with Gasteiger partial charge < -0.3 is 14.2 Å². The Morgan fingerprint density at radius 1 is 1.17 bits per heavy atom. The topological polar surface area (TPSA) is 102 Å². The van der Waals surface area contributed by atoms with Crippen molar-refractivity contribution >= 4 is 15.9 Å². The number of likely N-dealkylation sites (tertiary alicyclic amines) is 1. The van der Waals surface area contributed by atoms with Crippen LogP contribution in [0.25, 0.3) is 0 Å². The lowest BCUT2D eigenvalue weighted by atomic mass is 10.1. The quantitative estimate of drug-likeness (QED) is 0.748. The first kappa shape index (κ1) is 22.3. The zero-order valence-electron chi connectivity index (χ0n) is 18.1. The van der Waals surface area contributed by atoms with Crippen LogP contribution in [0.15, 0.2) is 21.6 Å². The van der Waals surface area contributed by atoms with E-state index < -0.39 is 10.0 Å². The van der Waals surface area contributed by atoms with Crippen LogP contribution in [-0.2, 0) is 14.8 Å². The second-order valence-electron chi connectivity index (χ2n) is 7.87. The number of benzene rings is 1. The van der Waals surface area contributed by atoms with Crippen LogP contribution >= 0.6 is 0 Å². The van der Waals surface area contributed by atoms with E-state index in [9.17, 15) is 13.2 Å². The third kappa shape index (κ3) is 4.67. The number of aromatic nitrogens is 1. The predicted molar refractivity (Wildman–Crippen MR) is 112 cm³/mol. The summed E-state index contributed by atoms with van der Waals surface area (Å²) in [5.41, 5.74) is 3.49. The largest absolute Gasteiger partial charge is 0.483 e. The molecule has 1 fully saturated rings. The van der Waals surface area contributed by atoms with E-state index in [1.165, 1.54) is 0 Å². The smallest absolute Gasteiger partial charge is 0.260 e. The van der Waals surface area contributed by atoms with Crippen molar-refractivity contribution in [3.63, 3.8) is 0 Å². The summed E-state index contributed by atoms with van der Waals surface area (Å²) in [7, 11) is -3.71. The molecule has 3 rings (SSSR count). The summed E-state index contributed by atoms with van der Waals surface area (Å²) < 4.78 is 38.8. The zero-order chi connectivity index (χ0) is 22.1. The number of carbonyl (C=O) groups is 1.